The molecule has 72 valence electrons. The zero-order valence-electron chi connectivity index (χ0n) is 7.80. The Hall–Kier alpha value is -0.240. The van der Waals surface area contributed by atoms with Gasteiger partial charge in [0.1, 0.15) is 0 Å². The van der Waals surface area contributed by atoms with E-state index in [0.29, 0.717) is 5.41 Å². The lowest BCUT2D eigenvalue weighted by atomic mass is 9.72. The third-order valence-corrected chi connectivity index (χ3v) is 2.61. The number of rotatable bonds is 1. The molecule has 1 amide bonds. The van der Waals surface area contributed by atoms with Crippen LogP contribution in [-0.2, 0) is 4.79 Å². The molecule has 1 fully saturated rings. The molecule has 0 aromatic rings. The van der Waals surface area contributed by atoms with Crippen molar-refractivity contribution in [3.8, 4) is 0 Å². The Labute approximate surface area is 80.3 Å². The van der Waals surface area contributed by atoms with Gasteiger partial charge in [-0.15, -0.1) is 12.4 Å². The lowest BCUT2D eigenvalue weighted by Gasteiger charge is -2.33. The number of nitrogens with two attached hydrogens (primary N) is 1. The monoisotopic (exact) mass is 191 g/mol. The van der Waals surface area contributed by atoms with Crippen LogP contribution in [0.25, 0.3) is 0 Å². The summed E-state index contributed by atoms with van der Waals surface area (Å²) in [4.78, 5) is 10.9. The van der Waals surface area contributed by atoms with Crippen molar-refractivity contribution in [3.05, 3.63) is 0 Å². The molecular weight excluding hydrogens is 174 g/mol. The van der Waals surface area contributed by atoms with Crippen molar-refractivity contribution in [2.24, 2.45) is 17.1 Å². The van der Waals surface area contributed by atoms with Crippen molar-refractivity contribution in [3.63, 3.8) is 0 Å². The van der Waals surface area contributed by atoms with Crippen molar-refractivity contribution < 1.29 is 4.79 Å². The standard InChI is InChI=1S/C9H17NO.ClH/c1-9(2)5-3-4-7(6-9)8(10)11;/h7H,3-6H2,1-2H3,(H2,10,11);1H. The Morgan fingerprint density at radius 3 is 2.42 bits per heavy atom. The molecule has 0 spiro atoms. The summed E-state index contributed by atoms with van der Waals surface area (Å²) in [6.45, 7) is 4.42. The fourth-order valence-corrected chi connectivity index (χ4v) is 1.94. The minimum absolute atomic E-state index is 0. The van der Waals surface area contributed by atoms with Crippen LogP contribution in [0.4, 0.5) is 0 Å². The predicted octanol–water partition coefficient (Wildman–Crippen LogP) is 2.11. The number of amides is 1. The normalized spacial score (nSPS) is 27.3. The molecule has 1 rings (SSSR count). The fourth-order valence-electron chi connectivity index (χ4n) is 1.94. The second-order valence-corrected chi connectivity index (χ2v) is 4.36. The van der Waals surface area contributed by atoms with Crippen LogP contribution in [0.2, 0.25) is 0 Å². The summed E-state index contributed by atoms with van der Waals surface area (Å²) in [6.07, 6.45) is 4.36. The van der Waals surface area contributed by atoms with Gasteiger partial charge in [0.2, 0.25) is 5.91 Å². The van der Waals surface area contributed by atoms with Gasteiger partial charge in [0.25, 0.3) is 0 Å². The van der Waals surface area contributed by atoms with Crippen LogP contribution >= 0.6 is 12.4 Å². The third kappa shape index (κ3) is 3.02. The average Bonchev–Trinajstić information content (AvgIpc) is 1.85. The van der Waals surface area contributed by atoms with E-state index < -0.39 is 0 Å². The van der Waals surface area contributed by atoms with Gasteiger partial charge in [-0.25, -0.2) is 0 Å². The van der Waals surface area contributed by atoms with Crippen LogP contribution in [0.15, 0.2) is 0 Å². The molecule has 1 aliphatic rings. The molecule has 0 radical (unpaired) electrons. The van der Waals surface area contributed by atoms with Crippen LogP contribution in [0, 0.1) is 11.3 Å². The average molecular weight is 192 g/mol. The minimum Gasteiger partial charge on any atom is -0.369 e. The number of hydrogen-bond acceptors (Lipinski definition) is 1. The van der Waals surface area contributed by atoms with Gasteiger partial charge < -0.3 is 5.73 Å². The second kappa shape index (κ2) is 4.13. The van der Waals surface area contributed by atoms with Gasteiger partial charge in [-0.05, 0) is 24.7 Å². The molecule has 1 aliphatic carbocycles. The van der Waals surface area contributed by atoms with Crippen LogP contribution in [0.1, 0.15) is 39.5 Å². The van der Waals surface area contributed by atoms with E-state index >= 15 is 0 Å². The van der Waals surface area contributed by atoms with Gasteiger partial charge in [0.15, 0.2) is 0 Å². The maximum absolute atomic E-state index is 10.9. The Morgan fingerprint density at radius 1 is 1.50 bits per heavy atom. The van der Waals surface area contributed by atoms with Gasteiger partial charge in [-0.1, -0.05) is 20.3 Å². The summed E-state index contributed by atoms with van der Waals surface area (Å²) in [7, 11) is 0. The first-order valence-electron chi connectivity index (χ1n) is 4.31. The van der Waals surface area contributed by atoms with Crippen molar-refractivity contribution in [2.45, 2.75) is 39.5 Å². The molecule has 0 bridgehead atoms. The Kier molecular flexibility index (Phi) is 4.04. The summed E-state index contributed by atoms with van der Waals surface area (Å²) >= 11 is 0. The third-order valence-electron chi connectivity index (χ3n) is 2.61. The smallest absolute Gasteiger partial charge is 0.220 e. The van der Waals surface area contributed by atoms with E-state index in [9.17, 15) is 4.79 Å². The van der Waals surface area contributed by atoms with E-state index in [4.69, 9.17) is 5.73 Å². The van der Waals surface area contributed by atoms with E-state index in [1.807, 2.05) is 0 Å². The molecular formula is C9H18ClNO. The van der Waals surface area contributed by atoms with Crippen LogP contribution in [0.3, 0.4) is 0 Å². The number of halogens is 1. The lowest BCUT2D eigenvalue weighted by Crippen LogP contribution is -2.31. The number of carbonyl (C=O) groups is 1. The van der Waals surface area contributed by atoms with Gasteiger partial charge in [-0.2, -0.15) is 0 Å². The molecule has 1 unspecified atom stereocenters. The molecule has 0 saturated heterocycles. The highest BCUT2D eigenvalue weighted by Gasteiger charge is 2.30. The largest absolute Gasteiger partial charge is 0.369 e. The summed E-state index contributed by atoms with van der Waals surface area (Å²) in [5.41, 5.74) is 5.58. The Morgan fingerprint density at radius 2 is 2.08 bits per heavy atom. The maximum Gasteiger partial charge on any atom is 0.220 e. The topological polar surface area (TPSA) is 43.1 Å². The molecule has 1 saturated carbocycles. The molecule has 0 heterocycles. The van der Waals surface area contributed by atoms with Crippen molar-refractivity contribution in [2.75, 3.05) is 0 Å². The first-order valence-corrected chi connectivity index (χ1v) is 4.31. The van der Waals surface area contributed by atoms with E-state index in [1.165, 1.54) is 6.42 Å². The van der Waals surface area contributed by atoms with Crippen LogP contribution < -0.4 is 5.73 Å². The molecule has 12 heavy (non-hydrogen) atoms. The van der Waals surface area contributed by atoms with E-state index in [2.05, 4.69) is 13.8 Å². The summed E-state index contributed by atoms with van der Waals surface area (Å²) in [5, 5.41) is 0. The summed E-state index contributed by atoms with van der Waals surface area (Å²) in [6, 6.07) is 0. The summed E-state index contributed by atoms with van der Waals surface area (Å²) in [5.74, 6) is 0.0246. The second-order valence-electron chi connectivity index (χ2n) is 4.36. The lowest BCUT2D eigenvalue weighted by molar-refractivity contribution is -0.123. The zero-order valence-corrected chi connectivity index (χ0v) is 8.62. The SMILES string of the molecule is CC1(C)CCCC(C(N)=O)C1.Cl. The molecule has 0 aliphatic heterocycles. The quantitative estimate of drug-likeness (QED) is 0.678. The zero-order chi connectivity index (χ0) is 8.48. The molecule has 3 heteroatoms. The van der Waals surface area contributed by atoms with Crippen LogP contribution in [-0.4, -0.2) is 5.91 Å². The van der Waals surface area contributed by atoms with Gasteiger partial charge in [0, 0.05) is 5.92 Å². The predicted molar refractivity (Wildman–Crippen MR) is 52.2 cm³/mol. The summed E-state index contributed by atoms with van der Waals surface area (Å²) < 4.78 is 0. The number of carbonyl (C=O) groups excluding carboxylic acids is 1. The van der Waals surface area contributed by atoms with E-state index in [-0.39, 0.29) is 24.2 Å². The van der Waals surface area contributed by atoms with Gasteiger partial charge in [-0.3, -0.25) is 4.79 Å². The van der Waals surface area contributed by atoms with Gasteiger partial charge >= 0.3 is 0 Å². The molecule has 1 atom stereocenters. The maximum atomic E-state index is 10.9. The highest BCUT2D eigenvalue weighted by atomic mass is 35.5. The van der Waals surface area contributed by atoms with Gasteiger partial charge in [0.05, 0.1) is 0 Å². The van der Waals surface area contributed by atoms with Crippen molar-refractivity contribution in [1.29, 1.82) is 0 Å². The first kappa shape index (κ1) is 11.8. The molecule has 0 aromatic heterocycles. The molecule has 2 N–H and O–H groups in total. The molecule has 2 nitrogen and oxygen atoms in total. The van der Waals surface area contributed by atoms with Crippen molar-refractivity contribution >= 4 is 18.3 Å². The highest BCUT2D eigenvalue weighted by Crippen LogP contribution is 2.38. The van der Waals surface area contributed by atoms with E-state index in [0.717, 1.165) is 19.3 Å². The first-order chi connectivity index (χ1) is 5.01. The van der Waals surface area contributed by atoms with Crippen LogP contribution in [0.5, 0.6) is 0 Å². The van der Waals surface area contributed by atoms with Crippen molar-refractivity contribution in [1.82, 2.24) is 0 Å². The van der Waals surface area contributed by atoms with E-state index in [1.54, 1.807) is 0 Å². The molecule has 0 aromatic carbocycles. The number of primary amides is 1. The minimum atomic E-state index is -0.113. The fraction of sp³-hybridized carbons (Fsp3) is 0.889. The highest BCUT2D eigenvalue weighted by molar-refractivity contribution is 5.85. The number of hydrogen-bond donors (Lipinski definition) is 1. The Bertz CT molecular complexity index is 168. The Balaban J connectivity index is 0.00000121.